The zero-order chi connectivity index (χ0) is 16.7. The van der Waals surface area contributed by atoms with Gasteiger partial charge in [-0.05, 0) is 43.1 Å². The van der Waals surface area contributed by atoms with Crippen molar-refractivity contribution in [2.24, 2.45) is 5.41 Å². The molecule has 1 aliphatic rings. The van der Waals surface area contributed by atoms with Gasteiger partial charge in [-0.25, -0.2) is 4.79 Å². The molecule has 0 radical (unpaired) electrons. The van der Waals surface area contributed by atoms with Gasteiger partial charge in [-0.2, -0.15) is 0 Å². The minimum absolute atomic E-state index is 0.0514. The molecule has 0 bridgehead atoms. The third-order valence-corrected chi connectivity index (χ3v) is 4.48. The minimum Gasteiger partial charge on any atom is -0.481 e. The van der Waals surface area contributed by atoms with E-state index in [9.17, 15) is 9.59 Å². The highest BCUT2D eigenvalue weighted by Crippen LogP contribution is 2.47. The van der Waals surface area contributed by atoms with Gasteiger partial charge in [0.2, 0.25) is 0 Å². The first kappa shape index (κ1) is 17.3. The van der Waals surface area contributed by atoms with Crippen molar-refractivity contribution >= 4 is 12.0 Å². The van der Waals surface area contributed by atoms with E-state index >= 15 is 0 Å². The Labute approximate surface area is 137 Å². The summed E-state index contributed by atoms with van der Waals surface area (Å²) in [4.78, 5) is 22.8. The van der Waals surface area contributed by atoms with Gasteiger partial charge in [0.05, 0.1) is 0 Å². The van der Waals surface area contributed by atoms with Gasteiger partial charge in [0, 0.05) is 19.0 Å². The fraction of sp³-hybridized carbons (Fsp3) is 0.556. The van der Waals surface area contributed by atoms with Gasteiger partial charge < -0.3 is 15.7 Å². The van der Waals surface area contributed by atoms with Crippen molar-refractivity contribution in [3.63, 3.8) is 0 Å². The van der Waals surface area contributed by atoms with Crippen LogP contribution in [0.2, 0.25) is 0 Å². The molecule has 5 nitrogen and oxygen atoms in total. The van der Waals surface area contributed by atoms with Crippen LogP contribution in [-0.4, -0.2) is 29.7 Å². The van der Waals surface area contributed by atoms with Gasteiger partial charge in [0.25, 0.3) is 0 Å². The smallest absolute Gasteiger partial charge is 0.315 e. The Morgan fingerprint density at radius 3 is 2.57 bits per heavy atom. The maximum Gasteiger partial charge on any atom is 0.315 e. The first-order valence-corrected chi connectivity index (χ1v) is 8.27. The Morgan fingerprint density at radius 1 is 1.26 bits per heavy atom. The van der Waals surface area contributed by atoms with Crippen LogP contribution in [0.15, 0.2) is 30.3 Å². The summed E-state index contributed by atoms with van der Waals surface area (Å²) in [6.45, 7) is 2.90. The van der Waals surface area contributed by atoms with Crippen molar-refractivity contribution in [3.05, 3.63) is 35.9 Å². The van der Waals surface area contributed by atoms with Crippen molar-refractivity contribution in [2.75, 3.05) is 6.54 Å². The maximum atomic E-state index is 12.0. The van der Waals surface area contributed by atoms with Crippen LogP contribution in [0, 0.1) is 5.41 Å². The van der Waals surface area contributed by atoms with Crippen molar-refractivity contribution in [3.8, 4) is 0 Å². The molecule has 0 aromatic heterocycles. The number of benzene rings is 1. The van der Waals surface area contributed by atoms with E-state index in [0.29, 0.717) is 24.8 Å². The molecule has 2 amide bonds. The SMILES string of the molecule is CC1(CCNC(=O)NC(CCC(=O)O)Cc2ccccc2)CC1. The average molecular weight is 318 g/mol. The second-order valence-corrected chi connectivity index (χ2v) is 6.78. The van der Waals surface area contributed by atoms with E-state index in [1.807, 2.05) is 30.3 Å². The predicted molar refractivity (Wildman–Crippen MR) is 89.3 cm³/mol. The Bertz CT molecular complexity index is 526. The molecule has 5 heteroatoms. The second kappa shape index (κ2) is 7.99. The molecule has 23 heavy (non-hydrogen) atoms. The normalized spacial score (nSPS) is 16.4. The van der Waals surface area contributed by atoms with Crippen LogP contribution in [0.4, 0.5) is 4.79 Å². The number of hydrogen-bond donors (Lipinski definition) is 3. The van der Waals surface area contributed by atoms with E-state index in [4.69, 9.17) is 5.11 Å². The molecule has 1 aromatic carbocycles. The molecular formula is C18H26N2O3. The van der Waals surface area contributed by atoms with Crippen molar-refractivity contribution < 1.29 is 14.7 Å². The maximum absolute atomic E-state index is 12.0. The summed E-state index contributed by atoms with van der Waals surface area (Å²) in [7, 11) is 0. The van der Waals surface area contributed by atoms with Crippen LogP contribution in [0.3, 0.4) is 0 Å². The minimum atomic E-state index is -0.841. The van der Waals surface area contributed by atoms with Crippen LogP contribution in [-0.2, 0) is 11.2 Å². The third kappa shape index (κ3) is 6.72. The summed E-state index contributed by atoms with van der Waals surface area (Å²) in [6, 6.07) is 9.42. The molecule has 126 valence electrons. The average Bonchev–Trinajstić information content (AvgIpc) is 3.23. The standard InChI is InChI=1S/C18H26N2O3/c1-18(9-10-18)11-12-19-17(23)20-15(7-8-16(21)22)13-14-5-3-2-4-6-14/h2-6,15H,7-13H2,1H3,(H,21,22)(H2,19,20,23). The largest absolute Gasteiger partial charge is 0.481 e. The van der Waals surface area contributed by atoms with Crippen molar-refractivity contribution in [1.82, 2.24) is 10.6 Å². The summed E-state index contributed by atoms with van der Waals surface area (Å²) in [5.74, 6) is -0.841. The number of carbonyl (C=O) groups is 2. The number of hydrogen-bond acceptors (Lipinski definition) is 2. The number of carbonyl (C=O) groups excluding carboxylic acids is 1. The highest BCUT2D eigenvalue weighted by atomic mass is 16.4. The highest BCUT2D eigenvalue weighted by Gasteiger charge is 2.36. The number of nitrogens with one attached hydrogen (secondary N) is 2. The lowest BCUT2D eigenvalue weighted by Crippen LogP contribution is -2.43. The fourth-order valence-corrected chi connectivity index (χ4v) is 2.60. The van der Waals surface area contributed by atoms with Crippen LogP contribution in [0.25, 0.3) is 0 Å². The molecule has 1 aliphatic carbocycles. The molecule has 0 spiro atoms. The summed E-state index contributed by atoms with van der Waals surface area (Å²) in [5, 5.41) is 14.7. The Hall–Kier alpha value is -2.04. The van der Waals surface area contributed by atoms with Gasteiger partial charge in [0.15, 0.2) is 0 Å². The summed E-state index contributed by atoms with van der Waals surface area (Å²) < 4.78 is 0. The zero-order valence-corrected chi connectivity index (χ0v) is 13.7. The molecule has 1 unspecified atom stereocenters. The number of aliphatic carboxylic acids is 1. The number of carboxylic acid groups (broad SMARTS) is 1. The number of rotatable bonds is 9. The molecule has 1 fully saturated rings. The lowest BCUT2D eigenvalue weighted by molar-refractivity contribution is -0.137. The quantitative estimate of drug-likeness (QED) is 0.655. The number of carboxylic acids is 1. The van der Waals surface area contributed by atoms with E-state index in [-0.39, 0.29) is 18.5 Å². The topological polar surface area (TPSA) is 78.4 Å². The molecule has 2 rings (SSSR count). The van der Waals surface area contributed by atoms with Gasteiger partial charge in [-0.3, -0.25) is 4.79 Å². The van der Waals surface area contributed by atoms with E-state index < -0.39 is 5.97 Å². The van der Waals surface area contributed by atoms with Crippen molar-refractivity contribution in [1.29, 1.82) is 0 Å². The summed E-state index contributed by atoms with van der Waals surface area (Å²) in [5.41, 5.74) is 1.51. The van der Waals surface area contributed by atoms with Crippen molar-refractivity contribution in [2.45, 2.75) is 51.5 Å². The van der Waals surface area contributed by atoms with Crippen LogP contribution in [0.1, 0.15) is 44.6 Å². The van der Waals surface area contributed by atoms with E-state index in [0.717, 1.165) is 12.0 Å². The molecule has 3 N–H and O–H groups in total. The van der Waals surface area contributed by atoms with Gasteiger partial charge in [-0.1, -0.05) is 37.3 Å². The van der Waals surface area contributed by atoms with Crippen LogP contribution >= 0.6 is 0 Å². The van der Waals surface area contributed by atoms with Gasteiger partial charge in [-0.15, -0.1) is 0 Å². The molecule has 1 aromatic rings. The summed E-state index contributed by atoms with van der Waals surface area (Å²) in [6.07, 6.45) is 4.60. The molecular weight excluding hydrogens is 292 g/mol. The lowest BCUT2D eigenvalue weighted by atomic mass is 10.0. The first-order chi connectivity index (χ1) is 11.0. The van der Waals surface area contributed by atoms with E-state index in [2.05, 4.69) is 17.6 Å². The second-order valence-electron chi connectivity index (χ2n) is 6.78. The molecule has 0 heterocycles. The Balaban J connectivity index is 1.80. The molecule has 1 atom stereocenters. The fourth-order valence-electron chi connectivity index (χ4n) is 2.60. The first-order valence-electron chi connectivity index (χ1n) is 8.27. The van der Waals surface area contributed by atoms with Gasteiger partial charge in [0.1, 0.15) is 0 Å². The number of urea groups is 1. The highest BCUT2D eigenvalue weighted by molar-refractivity contribution is 5.74. The van der Waals surface area contributed by atoms with E-state index in [1.165, 1.54) is 12.8 Å². The van der Waals surface area contributed by atoms with Gasteiger partial charge >= 0.3 is 12.0 Å². The van der Waals surface area contributed by atoms with E-state index in [1.54, 1.807) is 0 Å². The summed E-state index contributed by atoms with van der Waals surface area (Å²) >= 11 is 0. The zero-order valence-electron chi connectivity index (χ0n) is 13.7. The third-order valence-electron chi connectivity index (χ3n) is 4.48. The predicted octanol–water partition coefficient (Wildman–Crippen LogP) is 2.95. The molecule has 0 aliphatic heterocycles. The lowest BCUT2D eigenvalue weighted by Gasteiger charge is -2.19. The monoisotopic (exact) mass is 318 g/mol. The van der Waals surface area contributed by atoms with Crippen LogP contribution in [0.5, 0.6) is 0 Å². The Morgan fingerprint density at radius 2 is 1.96 bits per heavy atom. The molecule has 0 saturated heterocycles. The Kier molecular flexibility index (Phi) is 6.02. The number of amides is 2. The molecule has 1 saturated carbocycles. The van der Waals surface area contributed by atoms with Crippen LogP contribution < -0.4 is 10.6 Å².